The Labute approximate surface area is 111 Å². The highest BCUT2D eigenvalue weighted by molar-refractivity contribution is 5.85. The van der Waals surface area contributed by atoms with Crippen LogP contribution in [0.25, 0.3) is 10.8 Å². The topological polar surface area (TPSA) is 46.0 Å². The van der Waals surface area contributed by atoms with E-state index in [-0.39, 0.29) is 0 Å². The van der Waals surface area contributed by atoms with Crippen LogP contribution in [-0.2, 0) is 0 Å². The third kappa shape index (κ3) is 2.20. The van der Waals surface area contributed by atoms with Gasteiger partial charge in [-0.3, -0.25) is 9.97 Å². The molecule has 94 valence electrons. The van der Waals surface area contributed by atoms with Crippen LogP contribution in [0.15, 0.2) is 55.1 Å². The Morgan fingerprint density at radius 3 is 2.79 bits per heavy atom. The maximum atomic E-state index is 10.5. The average Bonchev–Trinajstić information content (AvgIpc) is 2.46. The van der Waals surface area contributed by atoms with Crippen molar-refractivity contribution in [3.8, 4) is 0 Å². The van der Waals surface area contributed by atoms with Gasteiger partial charge in [-0.1, -0.05) is 24.3 Å². The molecule has 2 heterocycles. The van der Waals surface area contributed by atoms with Crippen LogP contribution in [0.4, 0.5) is 0 Å². The number of hydrogen-bond donors (Lipinski definition) is 1. The van der Waals surface area contributed by atoms with Crippen LogP contribution in [0.2, 0.25) is 0 Å². The van der Waals surface area contributed by atoms with Gasteiger partial charge in [0.2, 0.25) is 0 Å². The standard InChI is InChI=1S/C16H14N2O/c1-11-7-13(9-18-8-11)16(19)14-4-2-3-12-5-6-17-10-15(12)14/h2-10,16,19H,1H3. The fourth-order valence-corrected chi connectivity index (χ4v) is 2.28. The fourth-order valence-electron chi connectivity index (χ4n) is 2.28. The van der Waals surface area contributed by atoms with E-state index in [0.29, 0.717) is 0 Å². The molecule has 1 N–H and O–H groups in total. The zero-order chi connectivity index (χ0) is 13.2. The van der Waals surface area contributed by atoms with Gasteiger partial charge in [-0.2, -0.15) is 0 Å². The molecule has 0 fully saturated rings. The van der Waals surface area contributed by atoms with Gasteiger partial charge in [0.25, 0.3) is 0 Å². The van der Waals surface area contributed by atoms with Crippen molar-refractivity contribution in [2.75, 3.05) is 0 Å². The molecule has 3 nitrogen and oxygen atoms in total. The maximum Gasteiger partial charge on any atom is 0.106 e. The van der Waals surface area contributed by atoms with E-state index in [9.17, 15) is 5.11 Å². The molecule has 0 amide bonds. The molecule has 1 unspecified atom stereocenters. The van der Waals surface area contributed by atoms with Gasteiger partial charge in [-0.15, -0.1) is 0 Å². The smallest absolute Gasteiger partial charge is 0.106 e. The predicted molar refractivity (Wildman–Crippen MR) is 74.8 cm³/mol. The maximum absolute atomic E-state index is 10.5. The summed E-state index contributed by atoms with van der Waals surface area (Å²) in [6.45, 7) is 1.97. The van der Waals surface area contributed by atoms with Crippen molar-refractivity contribution in [1.82, 2.24) is 9.97 Å². The Balaban J connectivity index is 2.14. The van der Waals surface area contributed by atoms with Crippen LogP contribution in [0.5, 0.6) is 0 Å². The molecule has 1 aromatic carbocycles. The summed E-state index contributed by atoms with van der Waals surface area (Å²) >= 11 is 0. The number of aryl methyl sites for hydroxylation is 1. The number of aliphatic hydroxyl groups is 1. The third-order valence-electron chi connectivity index (χ3n) is 3.22. The van der Waals surface area contributed by atoms with Crippen LogP contribution in [-0.4, -0.2) is 15.1 Å². The number of pyridine rings is 2. The first-order valence-corrected chi connectivity index (χ1v) is 6.18. The molecule has 3 rings (SSSR count). The second-order valence-corrected chi connectivity index (χ2v) is 4.64. The minimum atomic E-state index is -0.680. The molecule has 3 aromatic rings. The van der Waals surface area contributed by atoms with Gasteiger partial charge < -0.3 is 5.11 Å². The minimum Gasteiger partial charge on any atom is -0.384 e. The Hall–Kier alpha value is -2.26. The first-order chi connectivity index (χ1) is 9.25. The first kappa shape index (κ1) is 11.8. The highest BCUT2D eigenvalue weighted by Crippen LogP contribution is 2.28. The van der Waals surface area contributed by atoms with Crippen molar-refractivity contribution in [3.05, 3.63) is 71.8 Å². The van der Waals surface area contributed by atoms with E-state index >= 15 is 0 Å². The molecule has 0 radical (unpaired) electrons. The highest BCUT2D eigenvalue weighted by Gasteiger charge is 2.13. The molecular weight excluding hydrogens is 236 g/mol. The van der Waals surface area contributed by atoms with Gasteiger partial charge in [0.15, 0.2) is 0 Å². The van der Waals surface area contributed by atoms with Gasteiger partial charge >= 0.3 is 0 Å². The molecule has 3 heteroatoms. The number of rotatable bonds is 2. The lowest BCUT2D eigenvalue weighted by Crippen LogP contribution is -2.01. The second kappa shape index (κ2) is 4.78. The van der Waals surface area contributed by atoms with E-state index in [2.05, 4.69) is 9.97 Å². The van der Waals surface area contributed by atoms with Crippen molar-refractivity contribution in [3.63, 3.8) is 0 Å². The number of aliphatic hydroxyl groups excluding tert-OH is 1. The lowest BCUT2D eigenvalue weighted by Gasteiger charge is -2.14. The van der Waals surface area contributed by atoms with Gasteiger partial charge in [-0.05, 0) is 29.5 Å². The van der Waals surface area contributed by atoms with Crippen LogP contribution >= 0.6 is 0 Å². The monoisotopic (exact) mass is 250 g/mol. The molecule has 0 aliphatic rings. The Morgan fingerprint density at radius 2 is 1.95 bits per heavy atom. The molecule has 0 bridgehead atoms. The van der Waals surface area contributed by atoms with Crippen molar-refractivity contribution in [2.24, 2.45) is 0 Å². The van der Waals surface area contributed by atoms with Crippen molar-refractivity contribution < 1.29 is 5.11 Å². The van der Waals surface area contributed by atoms with Crippen LogP contribution in [0.3, 0.4) is 0 Å². The van der Waals surface area contributed by atoms with E-state index in [1.165, 1.54) is 0 Å². The normalized spacial score (nSPS) is 12.5. The summed E-state index contributed by atoms with van der Waals surface area (Å²) in [6, 6.07) is 9.79. The van der Waals surface area contributed by atoms with Crippen molar-refractivity contribution in [1.29, 1.82) is 0 Å². The number of aromatic nitrogens is 2. The zero-order valence-corrected chi connectivity index (χ0v) is 10.6. The zero-order valence-electron chi connectivity index (χ0n) is 10.6. The van der Waals surface area contributed by atoms with E-state index in [1.54, 1.807) is 24.8 Å². The average molecular weight is 250 g/mol. The summed E-state index contributed by atoms with van der Waals surface area (Å²) in [7, 11) is 0. The molecule has 0 aliphatic carbocycles. The summed E-state index contributed by atoms with van der Waals surface area (Å²) in [5, 5.41) is 12.6. The summed E-state index contributed by atoms with van der Waals surface area (Å²) in [6.07, 6.45) is 6.35. The van der Waals surface area contributed by atoms with Gasteiger partial charge in [0, 0.05) is 35.7 Å². The molecule has 19 heavy (non-hydrogen) atoms. The Morgan fingerprint density at radius 1 is 1.05 bits per heavy atom. The van der Waals surface area contributed by atoms with E-state index in [0.717, 1.165) is 27.5 Å². The molecule has 2 aromatic heterocycles. The summed E-state index contributed by atoms with van der Waals surface area (Å²) in [5.74, 6) is 0. The van der Waals surface area contributed by atoms with Crippen LogP contribution < -0.4 is 0 Å². The summed E-state index contributed by atoms with van der Waals surface area (Å²) in [5.41, 5.74) is 2.70. The fraction of sp³-hybridized carbons (Fsp3) is 0.125. The van der Waals surface area contributed by atoms with Crippen molar-refractivity contribution >= 4 is 10.8 Å². The molecule has 0 saturated heterocycles. The van der Waals surface area contributed by atoms with Crippen LogP contribution in [0, 0.1) is 6.92 Å². The molecule has 0 saturated carbocycles. The quantitative estimate of drug-likeness (QED) is 0.760. The first-order valence-electron chi connectivity index (χ1n) is 6.18. The molecule has 0 spiro atoms. The largest absolute Gasteiger partial charge is 0.384 e. The number of nitrogens with zero attached hydrogens (tertiary/aromatic N) is 2. The number of fused-ring (bicyclic) bond motifs is 1. The second-order valence-electron chi connectivity index (χ2n) is 4.64. The minimum absolute atomic E-state index is 0.680. The SMILES string of the molecule is Cc1cncc(C(O)c2cccc3ccncc23)c1. The van der Waals surface area contributed by atoms with E-state index in [1.807, 2.05) is 37.3 Å². The summed E-state index contributed by atoms with van der Waals surface area (Å²) < 4.78 is 0. The predicted octanol–water partition coefficient (Wildman–Crippen LogP) is 3.02. The molecule has 0 aliphatic heterocycles. The van der Waals surface area contributed by atoms with Crippen LogP contribution in [0.1, 0.15) is 22.8 Å². The highest BCUT2D eigenvalue weighted by atomic mass is 16.3. The van der Waals surface area contributed by atoms with E-state index in [4.69, 9.17) is 0 Å². The van der Waals surface area contributed by atoms with E-state index < -0.39 is 6.10 Å². The van der Waals surface area contributed by atoms with Gasteiger partial charge in [-0.25, -0.2) is 0 Å². The van der Waals surface area contributed by atoms with Crippen molar-refractivity contribution in [2.45, 2.75) is 13.0 Å². The summed E-state index contributed by atoms with van der Waals surface area (Å²) in [4.78, 5) is 8.28. The molecule has 1 atom stereocenters. The number of benzene rings is 1. The number of hydrogen-bond acceptors (Lipinski definition) is 3. The Bertz CT molecular complexity index is 719. The lowest BCUT2D eigenvalue weighted by molar-refractivity contribution is 0.221. The van der Waals surface area contributed by atoms with Gasteiger partial charge in [0.05, 0.1) is 0 Å². The Kier molecular flexibility index (Phi) is 2.97. The van der Waals surface area contributed by atoms with Gasteiger partial charge in [0.1, 0.15) is 6.10 Å². The third-order valence-corrected chi connectivity index (χ3v) is 3.22. The lowest BCUT2D eigenvalue weighted by atomic mass is 9.97. The molecular formula is C16H14N2O.